The van der Waals surface area contributed by atoms with E-state index in [1.165, 1.54) is 5.56 Å². The molecule has 0 bridgehead atoms. The van der Waals surface area contributed by atoms with Crippen molar-refractivity contribution in [2.75, 3.05) is 14.2 Å². The van der Waals surface area contributed by atoms with Crippen molar-refractivity contribution >= 4 is 5.76 Å². The van der Waals surface area contributed by atoms with Crippen molar-refractivity contribution in [3.8, 4) is 5.75 Å². The van der Waals surface area contributed by atoms with Crippen molar-refractivity contribution < 1.29 is 9.47 Å². The van der Waals surface area contributed by atoms with Crippen LogP contribution in [0.15, 0.2) is 24.8 Å². The fourth-order valence-electron chi connectivity index (χ4n) is 1.33. The zero-order valence-corrected chi connectivity index (χ0v) is 8.96. The number of aryl methyl sites for hydroxylation is 1. The number of hydrogen-bond acceptors (Lipinski definition) is 2. The number of benzene rings is 1. The van der Waals surface area contributed by atoms with Gasteiger partial charge in [0.05, 0.1) is 14.2 Å². The predicted molar refractivity (Wildman–Crippen MR) is 58.4 cm³/mol. The van der Waals surface area contributed by atoms with Gasteiger partial charge in [-0.05, 0) is 18.1 Å². The molecule has 1 aromatic carbocycles. The standard InChI is InChI=1S/C12H16O2/c1-5-10-6-7-11(9(2)13-3)8-12(10)14-4/h6-8H,2,5H2,1,3-4H3. The van der Waals surface area contributed by atoms with Gasteiger partial charge in [0, 0.05) is 5.56 Å². The smallest absolute Gasteiger partial charge is 0.122 e. The Kier molecular flexibility index (Phi) is 3.57. The van der Waals surface area contributed by atoms with Crippen LogP contribution in [0, 0.1) is 0 Å². The summed E-state index contributed by atoms with van der Waals surface area (Å²) in [6.07, 6.45) is 0.961. The SMILES string of the molecule is C=C(OC)c1ccc(CC)c(OC)c1. The van der Waals surface area contributed by atoms with Crippen LogP contribution in [0.2, 0.25) is 0 Å². The molecule has 0 aliphatic heterocycles. The van der Waals surface area contributed by atoms with Crippen LogP contribution in [0.4, 0.5) is 0 Å². The van der Waals surface area contributed by atoms with E-state index in [4.69, 9.17) is 9.47 Å². The van der Waals surface area contributed by atoms with E-state index in [-0.39, 0.29) is 0 Å². The van der Waals surface area contributed by atoms with Crippen LogP contribution in [0.25, 0.3) is 5.76 Å². The molecule has 0 fully saturated rings. The first-order valence-corrected chi connectivity index (χ1v) is 4.63. The van der Waals surface area contributed by atoms with E-state index in [0.717, 1.165) is 17.7 Å². The second-order valence-corrected chi connectivity index (χ2v) is 3.01. The van der Waals surface area contributed by atoms with Gasteiger partial charge in [0.1, 0.15) is 11.5 Å². The largest absolute Gasteiger partial charge is 0.497 e. The lowest BCUT2D eigenvalue weighted by molar-refractivity contribution is 0.370. The molecule has 0 aliphatic rings. The zero-order chi connectivity index (χ0) is 10.6. The van der Waals surface area contributed by atoms with Crippen LogP contribution in [0.1, 0.15) is 18.1 Å². The van der Waals surface area contributed by atoms with Crippen molar-refractivity contribution in [1.82, 2.24) is 0 Å². The maximum Gasteiger partial charge on any atom is 0.122 e. The Morgan fingerprint density at radius 2 is 2.07 bits per heavy atom. The van der Waals surface area contributed by atoms with E-state index in [2.05, 4.69) is 13.5 Å². The highest BCUT2D eigenvalue weighted by Gasteiger charge is 2.04. The quantitative estimate of drug-likeness (QED) is 0.683. The highest BCUT2D eigenvalue weighted by atomic mass is 16.5. The maximum absolute atomic E-state index is 5.27. The Morgan fingerprint density at radius 1 is 1.36 bits per heavy atom. The van der Waals surface area contributed by atoms with E-state index >= 15 is 0 Å². The van der Waals surface area contributed by atoms with Crippen molar-refractivity contribution in [2.24, 2.45) is 0 Å². The van der Waals surface area contributed by atoms with Gasteiger partial charge < -0.3 is 9.47 Å². The summed E-state index contributed by atoms with van der Waals surface area (Å²) in [6.45, 7) is 5.90. The van der Waals surface area contributed by atoms with Gasteiger partial charge >= 0.3 is 0 Å². The van der Waals surface area contributed by atoms with E-state index in [1.54, 1.807) is 14.2 Å². The van der Waals surface area contributed by atoms with E-state index in [9.17, 15) is 0 Å². The normalized spacial score (nSPS) is 9.64. The van der Waals surface area contributed by atoms with Crippen LogP contribution in [-0.2, 0) is 11.2 Å². The van der Waals surface area contributed by atoms with Gasteiger partial charge in [0.15, 0.2) is 0 Å². The zero-order valence-electron chi connectivity index (χ0n) is 8.96. The van der Waals surface area contributed by atoms with Crippen molar-refractivity contribution in [3.05, 3.63) is 35.9 Å². The number of ether oxygens (including phenoxy) is 2. The molecule has 0 aromatic heterocycles. The molecule has 0 N–H and O–H groups in total. The van der Waals surface area contributed by atoms with Gasteiger partial charge in [-0.15, -0.1) is 0 Å². The minimum Gasteiger partial charge on any atom is -0.497 e. The summed E-state index contributed by atoms with van der Waals surface area (Å²) in [5, 5.41) is 0. The van der Waals surface area contributed by atoms with Crippen LogP contribution in [0.5, 0.6) is 5.75 Å². The Labute approximate surface area is 85.2 Å². The molecule has 1 aromatic rings. The topological polar surface area (TPSA) is 18.5 Å². The molecule has 2 nitrogen and oxygen atoms in total. The number of rotatable bonds is 4. The lowest BCUT2D eigenvalue weighted by Crippen LogP contribution is -1.93. The Morgan fingerprint density at radius 3 is 2.57 bits per heavy atom. The average molecular weight is 192 g/mol. The molecule has 0 saturated heterocycles. The molecule has 76 valence electrons. The van der Waals surface area contributed by atoms with Crippen molar-refractivity contribution in [2.45, 2.75) is 13.3 Å². The minimum atomic E-state index is 0.658. The molecule has 0 unspecified atom stereocenters. The van der Waals surface area contributed by atoms with Gasteiger partial charge in [-0.2, -0.15) is 0 Å². The first-order chi connectivity index (χ1) is 6.72. The molecule has 14 heavy (non-hydrogen) atoms. The van der Waals surface area contributed by atoms with Crippen LogP contribution in [-0.4, -0.2) is 14.2 Å². The molecule has 0 amide bonds. The summed E-state index contributed by atoms with van der Waals surface area (Å²) in [6, 6.07) is 5.98. The number of hydrogen-bond donors (Lipinski definition) is 0. The monoisotopic (exact) mass is 192 g/mol. The second-order valence-electron chi connectivity index (χ2n) is 3.01. The molecule has 0 saturated carbocycles. The number of methoxy groups -OCH3 is 2. The molecule has 2 heteroatoms. The van der Waals surface area contributed by atoms with E-state index in [1.807, 2.05) is 18.2 Å². The van der Waals surface area contributed by atoms with Crippen LogP contribution < -0.4 is 4.74 Å². The van der Waals surface area contributed by atoms with Gasteiger partial charge in [-0.25, -0.2) is 0 Å². The summed E-state index contributed by atoms with van der Waals surface area (Å²) in [5.41, 5.74) is 2.15. The van der Waals surface area contributed by atoms with Gasteiger partial charge in [-0.3, -0.25) is 0 Å². The maximum atomic E-state index is 5.27. The first-order valence-electron chi connectivity index (χ1n) is 4.63. The summed E-state index contributed by atoms with van der Waals surface area (Å²) in [5.74, 6) is 1.55. The molecular weight excluding hydrogens is 176 g/mol. The average Bonchev–Trinajstić information content (AvgIpc) is 2.26. The molecule has 0 atom stereocenters. The second kappa shape index (κ2) is 4.70. The van der Waals surface area contributed by atoms with Crippen LogP contribution in [0.3, 0.4) is 0 Å². The Balaban J connectivity index is 3.07. The minimum absolute atomic E-state index is 0.658. The van der Waals surface area contributed by atoms with E-state index in [0.29, 0.717) is 5.76 Å². The third kappa shape index (κ3) is 2.08. The van der Waals surface area contributed by atoms with E-state index < -0.39 is 0 Å². The van der Waals surface area contributed by atoms with Crippen molar-refractivity contribution in [3.63, 3.8) is 0 Å². The first kappa shape index (κ1) is 10.6. The third-order valence-electron chi connectivity index (χ3n) is 2.24. The summed E-state index contributed by atoms with van der Waals surface area (Å²) >= 11 is 0. The Hall–Kier alpha value is -1.44. The van der Waals surface area contributed by atoms with Crippen LogP contribution >= 0.6 is 0 Å². The van der Waals surface area contributed by atoms with Gasteiger partial charge in [0.25, 0.3) is 0 Å². The molecule has 0 heterocycles. The molecule has 0 radical (unpaired) electrons. The van der Waals surface area contributed by atoms with Gasteiger partial charge in [-0.1, -0.05) is 25.6 Å². The predicted octanol–water partition coefficient (Wildman–Crippen LogP) is 2.87. The third-order valence-corrected chi connectivity index (χ3v) is 2.24. The summed E-state index contributed by atoms with van der Waals surface area (Å²) in [7, 11) is 3.29. The lowest BCUT2D eigenvalue weighted by Gasteiger charge is -2.10. The highest BCUT2D eigenvalue weighted by molar-refractivity contribution is 5.60. The molecule has 0 spiro atoms. The molecule has 1 rings (SSSR count). The fraction of sp³-hybridized carbons (Fsp3) is 0.333. The van der Waals surface area contributed by atoms with Gasteiger partial charge in [0.2, 0.25) is 0 Å². The molecular formula is C12H16O2. The fourth-order valence-corrected chi connectivity index (χ4v) is 1.33. The summed E-state index contributed by atoms with van der Waals surface area (Å²) in [4.78, 5) is 0. The van der Waals surface area contributed by atoms with Crippen molar-refractivity contribution in [1.29, 1.82) is 0 Å². The highest BCUT2D eigenvalue weighted by Crippen LogP contribution is 2.24. The molecule has 0 aliphatic carbocycles. The Bertz CT molecular complexity index is 329. The lowest BCUT2D eigenvalue weighted by atomic mass is 10.1. The summed E-state index contributed by atoms with van der Waals surface area (Å²) < 4.78 is 10.3.